The van der Waals surface area contributed by atoms with Gasteiger partial charge in [0.15, 0.2) is 26.5 Å². The molecule has 1 fully saturated rings. The van der Waals surface area contributed by atoms with Gasteiger partial charge in [-0.3, -0.25) is 0 Å². The maximum Gasteiger partial charge on any atom is 0.192 e. The molecule has 0 spiro atoms. The van der Waals surface area contributed by atoms with Crippen LogP contribution in [0.2, 0.25) is 36.3 Å². The zero-order valence-electron chi connectivity index (χ0n) is 24.7. The van der Waals surface area contributed by atoms with Crippen LogP contribution in [0.3, 0.4) is 0 Å². The van der Waals surface area contributed by atoms with E-state index in [1.165, 1.54) is 0 Å². The van der Waals surface area contributed by atoms with Crippen LogP contribution in [-0.4, -0.2) is 62.0 Å². The van der Waals surface area contributed by atoms with Crippen molar-refractivity contribution in [3.8, 4) is 0 Å². The fourth-order valence-corrected chi connectivity index (χ4v) is 8.20. The number of benzene rings is 1. The first-order valence-electron chi connectivity index (χ1n) is 13.5. The van der Waals surface area contributed by atoms with E-state index in [9.17, 15) is 13.2 Å². The maximum absolute atomic E-state index is 13.1. The van der Waals surface area contributed by atoms with E-state index in [1.807, 2.05) is 0 Å². The quantitative estimate of drug-likeness (QED) is 0.207. The van der Waals surface area contributed by atoms with Crippen molar-refractivity contribution in [2.45, 2.75) is 120 Å². The Hall–Kier alpha value is -0.846. The third-order valence-electron chi connectivity index (χ3n) is 8.55. The predicted octanol–water partition coefficient (Wildman–Crippen LogP) is 6.63. The summed E-state index contributed by atoms with van der Waals surface area (Å²) in [4.78, 5) is 11.7. The zero-order valence-corrected chi connectivity index (χ0v) is 27.5. The molecule has 0 aromatic heterocycles. The molecule has 0 N–H and O–H groups in total. The van der Waals surface area contributed by atoms with Crippen molar-refractivity contribution < 1.29 is 26.8 Å². The molecule has 0 aliphatic carbocycles. The van der Waals surface area contributed by atoms with Gasteiger partial charge in [-0.2, -0.15) is 0 Å². The molecule has 1 aromatic carbocycles. The molecule has 212 valence electrons. The standard InChI is InChI=1S/C28H50O6SSi2/c1-27(2,3)36(7,8)32-20-24(34-37(9,10)28(4,5)6)19-23-18-22(26(33-23)16-17-29)21-35(30,31)25-14-12-11-13-15-25/h11-15,17,22-24,26H,16,18-21H2,1-10H3/t22-,23-,24-,26-/m0/s1. The van der Waals surface area contributed by atoms with Crippen LogP contribution in [0.25, 0.3) is 0 Å². The van der Waals surface area contributed by atoms with Crippen molar-refractivity contribution in [1.29, 1.82) is 0 Å². The Labute approximate surface area is 228 Å². The lowest BCUT2D eigenvalue weighted by atomic mass is 9.98. The number of rotatable bonds is 12. The summed E-state index contributed by atoms with van der Waals surface area (Å²) in [6, 6.07) is 8.51. The molecule has 1 heterocycles. The number of carbonyl (C=O) groups excluding carboxylic acids is 1. The van der Waals surface area contributed by atoms with Crippen LogP contribution in [0.15, 0.2) is 35.2 Å². The summed E-state index contributed by atoms with van der Waals surface area (Å²) in [6.45, 7) is 22.8. The maximum atomic E-state index is 13.1. The third-order valence-corrected chi connectivity index (χ3v) is 19.4. The fourth-order valence-electron chi connectivity index (χ4n) is 4.13. The van der Waals surface area contributed by atoms with E-state index in [2.05, 4.69) is 67.7 Å². The van der Waals surface area contributed by atoms with Crippen LogP contribution >= 0.6 is 0 Å². The van der Waals surface area contributed by atoms with Gasteiger partial charge in [0.2, 0.25) is 0 Å². The molecule has 0 amide bonds. The molecule has 2 rings (SSSR count). The SMILES string of the molecule is CC(C)(C)[Si](C)(C)OC[C@H](C[C@@H]1C[C@@H](CS(=O)(=O)c2ccccc2)[C@H](CC=O)O1)O[Si](C)(C)C(C)(C)C. The monoisotopic (exact) mass is 570 g/mol. The summed E-state index contributed by atoms with van der Waals surface area (Å²) in [5.41, 5.74) is 0. The number of carbonyl (C=O) groups is 1. The summed E-state index contributed by atoms with van der Waals surface area (Å²) in [5, 5.41) is 0.134. The van der Waals surface area contributed by atoms with Gasteiger partial charge >= 0.3 is 0 Å². The molecule has 0 unspecified atom stereocenters. The molecule has 0 radical (unpaired) electrons. The molecule has 1 aliphatic heterocycles. The van der Waals surface area contributed by atoms with Crippen LogP contribution in [-0.2, 0) is 28.2 Å². The Bertz CT molecular complexity index is 980. The summed E-state index contributed by atoms with van der Waals surface area (Å²) in [5.74, 6) is -0.268. The van der Waals surface area contributed by atoms with Gasteiger partial charge in [0.25, 0.3) is 0 Å². The Balaban J connectivity index is 2.22. The lowest BCUT2D eigenvalue weighted by molar-refractivity contribution is -0.110. The normalized spacial score (nSPS) is 22.7. The molecular formula is C28H50O6SSi2. The topological polar surface area (TPSA) is 78.9 Å². The highest BCUT2D eigenvalue weighted by Crippen LogP contribution is 2.41. The molecule has 1 aliphatic rings. The number of aldehydes is 1. The minimum absolute atomic E-state index is 0.0275. The minimum atomic E-state index is -3.48. The van der Waals surface area contributed by atoms with Crippen LogP contribution in [0.1, 0.15) is 60.8 Å². The van der Waals surface area contributed by atoms with Crippen molar-refractivity contribution >= 4 is 32.8 Å². The van der Waals surface area contributed by atoms with Crippen molar-refractivity contribution in [2.75, 3.05) is 12.4 Å². The van der Waals surface area contributed by atoms with E-state index in [0.717, 1.165) is 6.29 Å². The molecular weight excluding hydrogens is 521 g/mol. The van der Waals surface area contributed by atoms with Gasteiger partial charge in [-0.1, -0.05) is 59.7 Å². The van der Waals surface area contributed by atoms with Gasteiger partial charge in [0.05, 0.1) is 35.6 Å². The highest BCUT2D eigenvalue weighted by atomic mass is 32.2. The van der Waals surface area contributed by atoms with Crippen LogP contribution in [0.5, 0.6) is 0 Å². The van der Waals surface area contributed by atoms with Crippen LogP contribution in [0.4, 0.5) is 0 Å². The first kappa shape index (κ1) is 32.4. The lowest BCUT2D eigenvalue weighted by Gasteiger charge is -2.42. The van der Waals surface area contributed by atoms with E-state index in [-0.39, 0.29) is 40.4 Å². The van der Waals surface area contributed by atoms with Crippen LogP contribution < -0.4 is 0 Å². The fraction of sp³-hybridized carbons (Fsp3) is 0.750. The van der Waals surface area contributed by atoms with Gasteiger partial charge in [-0.05, 0) is 54.8 Å². The van der Waals surface area contributed by atoms with E-state index >= 15 is 0 Å². The van der Waals surface area contributed by atoms with E-state index < -0.39 is 32.6 Å². The van der Waals surface area contributed by atoms with Gasteiger partial charge in [-0.15, -0.1) is 0 Å². The number of hydrogen-bond donors (Lipinski definition) is 0. The molecule has 1 saturated heterocycles. The Morgan fingerprint density at radius 2 is 1.57 bits per heavy atom. The van der Waals surface area contributed by atoms with Gasteiger partial charge in [-0.25, -0.2) is 8.42 Å². The second-order valence-electron chi connectivity index (χ2n) is 13.6. The molecule has 0 bridgehead atoms. The van der Waals surface area contributed by atoms with Crippen molar-refractivity contribution in [3.05, 3.63) is 30.3 Å². The van der Waals surface area contributed by atoms with E-state index in [1.54, 1.807) is 30.3 Å². The summed E-state index contributed by atoms with van der Waals surface area (Å²) in [7, 11) is -7.55. The molecule has 1 aromatic rings. The molecule has 0 saturated carbocycles. The summed E-state index contributed by atoms with van der Waals surface area (Å²) >= 11 is 0. The van der Waals surface area contributed by atoms with E-state index in [0.29, 0.717) is 24.3 Å². The number of hydrogen-bond acceptors (Lipinski definition) is 6. The van der Waals surface area contributed by atoms with Crippen molar-refractivity contribution in [1.82, 2.24) is 0 Å². The molecule has 6 nitrogen and oxygen atoms in total. The Morgan fingerprint density at radius 3 is 2.08 bits per heavy atom. The lowest BCUT2D eigenvalue weighted by Crippen LogP contribution is -2.48. The van der Waals surface area contributed by atoms with Crippen molar-refractivity contribution in [2.24, 2.45) is 5.92 Å². The van der Waals surface area contributed by atoms with Gasteiger partial charge in [0.1, 0.15) is 6.29 Å². The second kappa shape index (κ2) is 12.1. The third kappa shape index (κ3) is 8.83. The zero-order chi connectivity index (χ0) is 28.3. The minimum Gasteiger partial charge on any atom is -0.414 e. The van der Waals surface area contributed by atoms with E-state index in [4.69, 9.17) is 13.6 Å². The highest BCUT2D eigenvalue weighted by Gasteiger charge is 2.44. The Morgan fingerprint density at radius 1 is 1.00 bits per heavy atom. The van der Waals surface area contributed by atoms with Crippen LogP contribution in [0, 0.1) is 5.92 Å². The second-order valence-corrected chi connectivity index (χ2v) is 25.2. The average Bonchev–Trinajstić information content (AvgIpc) is 3.11. The molecule has 4 atom stereocenters. The molecule has 9 heteroatoms. The smallest absolute Gasteiger partial charge is 0.192 e. The predicted molar refractivity (Wildman–Crippen MR) is 156 cm³/mol. The van der Waals surface area contributed by atoms with Gasteiger partial charge in [0, 0.05) is 18.8 Å². The first-order chi connectivity index (χ1) is 16.8. The summed E-state index contributed by atoms with van der Waals surface area (Å²) < 4.78 is 45.9. The average molecular weight is 571 g/mol. The van der Waals surface area contributed by atoms with Gasteiger partial charge < -0.3 is 18.4 Å². The largest absolute Gasteiger partial charge is 0.414 e. The Kier molecular flexibility index (Phi) is 10.6. The number of ether oxygens (including phenoxy) is 1. The van der Waals surface area contributed by atoms with Crippen molar-refractivity contribution in [3.63, 3.8) is 0 Å². The highest BCUT2D eigenvalue weighted by molar-refractivity contribution is 7.91. The molecule has 37 heavy (non-hydrogen) atoms. The summed E-state index contributed by atoms with van der Waals surface area (Å²) in [6.07, 6.45) is 1.50. The first-order valence-corrected chi connectivity index (χ1v) is 20.9. The number of sulfone groups is 1.